The summed E-state index contributed by atoms with van der Waals surface area (Å²) < 4.78 is 0. The zero-order valence-corrected chi connectivity index (χ0v) is 12.2. The molecule has 1 aromatic carbocycles. The molecule has 96 valence electrons. The van der Waals surface area contributed by atoms with Gasteiger partial charge in [0.1, 0.15) is 0 Å². The van der Waals surface area contributed by atoms with Crippen molar-refractivity contribution >= 4 is 11.3 Å². The van der Waals surface area contributed by atoms with E-state index in [-0.39, 0.29) is 0 Å². The van der Waals surface area contributed by atoms with Crippen molar-refractivity contribution in [2.45, 2.75) is 32.7 Å². The Morgan fingerprint density at radius 1 is 1.11 bits per heavy atom. The van der Waals surface area contributed by atoms with Crippen LogP contribution in [0.15, 0.2) is 36.4 Å². The van der Waals surface area contributed by atoms with Gasteiger partial charge in [0.05, 0.1) is 0 Å². The van der Waals surface area contributed by atoms with Gasteiger partial charge in [0, 0.05) is 15.8 Å². The predicted molar refractivity (Wildman–Crippen MR) is 80.4 cm³/mol. The topological polar surface area (TPSA) is 12.0 Å². The molecule has 2 heteroatoms. The third-order valence-electron chi connectivity index (χ3n) is 3.28. The van der Waals surface area contributed by atoms with E-state index >= 15 is 0 Å². The van der Waals surface area contributed by atoms with Crippen LogP contribution in [0.2, 0.25) is 0 Å². The van der Waals surface area contributed by atoms with Gasteiger partial charge in [0.2, 0.25) is 0 Å². The van der Waals surface area contributed by atoms with Crippen LogP contribution < -0.4 is 5.32 Å². The van der Waals surface area contributed by atoms with E-state index < -0.39 is 0 Å². The minimum Gasteiger partial charge on any atom is -0.312 e. The van der Waals surface area contributed by atoms with Crippen LogP contribution in [0.3, 0.4) is 0 Å². The fraction of sp³-hybridized carbons (Fsp3) is 0.375. The van der Waals surface area contributed by atoms with E-state index in [2.05, 4.69) is 55.6 Å². The Bertz CT molecular complexity index is 484. The Hall–Kier alpha value is -1.12. The highest BCUT2D eigenvalue weighted by molar-refractivity contribution is 7.12. The Labute approximate surface area is 114 Å². The average Bonchev–Trinajstić information content (AvgIpc) is 2.87. The molecule has 1 N–H and O–H groups in total. The number of thiophene rings is 1. The molecule has 1 aromatic heterocycles. The highest BCUT2D eigenvalue weighted by Crippen LogP contribution is 2.26. The fourth-order valence-electron chi connectivity index (χ4n) is 2.08. The van der Waals surface area contributed by atoms with Crippen LogP contribution in [-0.4, -0.2) is 7.05 Å². The third kappa shape index (κ3) is 3.21. The van der Waals surface area contributed by atoms with E-state index in [1.807, 2.05) is 18.4 Å². The van der Waals surface area contributed by atoms with Gasteiger partial charge in [0.25, 0.3) is 0 Å². The van der Waals surface area contributed by atoms with Gasteiger partial charge >= 0.3 is 0 Å². The van der Waals surface area contributed by atoms with Crippen molar-refractivity contribution < 1.29 is 0 Å². The Kier molecular flexibility index (Phi) is 4.56. The second kappa shape index (κ2) is 6.17. The molecule has 18 heavy (non-hydrogen) atoms. The summed E-state index contributed by atoms with van der Waals surface area (Å²) in [5, 5.41) is 3.43. The first-order chi connectivity index (χ1) is 8.72. The van der Waals surface area contributed by atoms with Crippen molar-refractivity contribution in [2.75, 3.05) is 7.05 Å². The molecule has 1 unspecified atom stereocenters. The second-order valence-corrected chi connectivity index (χ2v) is 5.89. The first-order valence-electron chi connectivity index (χ1n) is 6.54. The summed E-state index contributed by atoms with van der Waals surface area (Å²) in [7, 11) is 2.05. The Morgan fingerprint density at radius 2 is 1.83 bits per heavy atom. The van der Waals surface area contributed by atoms with Gasteiger partial charge in [-0.05, 0) is 44.5 Å². The van der Waals surface area contributed by atoms with Gasteiger partial charge in [-0.3, -0.25) is 0 Å². The summed E-state index contributed by atoms with van der Waals surface area (Å²) in [5.41, 5.74) is 2.72. The lowest BCUT2D eigenvalue weighted by atomic mass is 10.0. The van der Waals surface area contributed by atoms with Crippen LogP contribution in [-0.2, 0) is 12.8 Å². The molecule has 2 aromatic rings. The van der Waals surface area contributed by atoms with Crippen LogP contribution in [0.1, 0.15) is 33.8 Å². The van der Waals surface area contributed by atoms with Crippen molar-refractivity contribution in [3.05, 3.63) is 57.3 Å². The van der Waals surface area contributed by atoms with Crippen molar-refractivity contribution in [1.82, 2.24) is 5.32 Å². The molecule has 0 amide bonds. The van der Waals surface area contributed by atoms with E-state index in [1.54, 1.807) is 0 Å². The molecule has 2 rings (SSSR count). The number of rotatable bonds is 5. The van der Waals surface area contributed by atoms with Crippen LogP contribution in [0.5, 0.6) is 0 Å². The number of nitrogens with one attached hydrogen (secondary N) is 1. The molecule has 0 saturated carbocycles. The summed E-state index contributed by atoms with van der Waals surface area (Å²) in [6.45, 7) is 4.34. The summed E-state index contributed by atoms with van der Waals surface area (Å²) >= 11 is 1.93. The lowest BCUT2D eigenvalue weighted by molar-refractivity contribution is 0.602. The number of hydrogen-bond donors (Lipinski definition) is 1. The smallest absolute Gasteiger partial charge is 0.0453 e. The summed E-state index contributed by atoms with van der Waals surface area (Å²) in [6, 6.07) is 13.8. The number of hydrogen-bond acceptors (Lipinski definition) is 2. The SMILES string of the molecule is CCc1ccc(C(Cc2ccc(C)cc2)NC)s1. The molecule has 1 atom stereocenters. The zero-order chi connectivity index (χ0) is 13.0. The van der Waals surface area contributed by atoms with Crippen molar-refractivity contribution in [1.29, 1.82) is 0 Å². The Morgan fingerprint density at radius 3 is 2.39 bits per heavy atom. The molecule has 0 saturated heterocycles. The maximum atomic E-state index is 3.43. The summed E-state index contributed by atoms with van der Waals surface area (Å²) in [5.74, 6) is 0. The lowest BCUT2D eigenvalue weighted by Crippen LogP contribution is -2.17. The monoisotopic (exact) mass is 259 g/mol. The van der Waals surface area contributed by atoms with Crippen LogP contribution in [0, 0.1) is 6.92 Å². The Balaban J connectivity index is 2.11. The molecule has 0 fully saturated rings. The largest absolute Gasteiger partial charge is 0.312 e. The van der Waals surface area contributed by atoms with Gasteiger partial charge in [0.15, 0.2) is 0 Å². The van der Waals surface area contributed by atoms with Gasteiger partial charge in [-0.15, -0.1) is 11.3 Å². The fourth-order valence-corrected chi connectivity index (χ4v) is 3.14. The molecular formula is C16H21NS. The highest BCUT2D eigenvalue weighted by Gasteiger charge is 2.12. The first-order valence-corrected chi connectivity index (χ1v) is 7.36. The van der Waals surface area contributed by atoms with Crippen LogP contribution >= 0.6 is 11.3 Å². The molecular weight excluding hydrogens is 238 g/mol. The molecule has 0 aliphatic heterocycles. The maximum Gasteiger partial charge on any atom is 0.0453 e. The normalized spacial score (nSPS) is 12.6. The average molecular weight is 259 g/mol. The van der Waals surface area contributed by atoms with Gasteiger partial charge in [-0.25, -0.2) is 0 Å². The van der Waals surface area contributed by atoms with Crippen LogP contribution in [0.4, 0.5) is 0 Å². The molecule has 0 bridgehead atoms. The van der Waals surface area contributed by atoms with Crippen molar-refractivity contribution in [3.63, 3.8) is 0 Å². The molecule has 1 heterocycles. The van der Waals surface area contributed by atoms with E-state index in [0.29, 0.717) is 6.04 Å². The van der Waals surface area contributed by atoms with E-state index in [4.69, 9.17) is 0 Å². The molecule has 0 aliphatic carbocycles. The standard InChI is InChI=1S/C16H21NS/c1-4-14-9-10-16(18-14)15(17-3)11-13-7-5-12(2)6-8-13/h5-10,15,17H,4,11H2,1-3H3. The maximum absolute atomic E-state index is 3.43. The second-order valence-electron chi connectivity index (χ2n) is 4.69. The highest BCUT2D eigenvalue weighted by atomic mass is 32.1. The van der Waals surface area contributed by atoms with E-state index in [0.717, 1.165) is 12.8 Å². The van der Waals surface area contributed by atoms with Gasteiger partial charge in [-0.2, -0.15) is 0 Å². The zero-order valence-electron chi connectivity index (χ0n) is 11.4. The van der Waals surface area contributed by atoms with Crippen molar-refractivity contribution in [3.8, 4) is 0 Å². The molecule has 0 spiro atoms. The number of likely N-dealkylation sites (N-methyl/N-ethyl adjacent to an activating group) is 1. The molecule has 0 aliphatic rings. The molecule has 1 nitrogen and oxygen atoms in total. The van der Waals surface area contributed by atoms with Crippen molar-refractivity contribution in [2.24, 2.45) is 0 Å². The third-order valence-corrected chi connectivity index (χ3v) is 4.63. The lowest BCUT2D eigenvalue weighted by Gasteiger charge is -2.14. The quantitative estimate of drug-likeness (QED) is 0.851. The number of benzene rings is 1. The minimum atomic E-state index is 0.429. The van der Waals surface area contributed by atoms with E-state index in [1.165, 1.54) is 20.9 Å². The predicted octanol–water partition coefficient (Wildman–Crippen LogP) is 4.12. The van der Waals surface area contributed by atoms with E-state index in [9.17, 15) is 0 Å². The molecule has 0 radical (unpaired) electrons. The minimum absolute atomic E-state index is 0.429. The van der Waals surface area contributed by atoms with Gasteiger partial charge < -0.3 is 5.32 Å². The number of aryl methyl sites for hydroxylation is 2. The van der Waals surface area contributed by atoms with Gasteiger partial charge in [-0.1, -0.05) is 36.8 Å². The summed E-state index contributed by atoms with van der Waals surface area (Å²) in [6.07, 6.45) is 2.19. The first kappa shape index (κ1) is 13.3. The summed E-state index contributed by atoms with van der Waals surface area (Å²) in [4.78, 5) is 2.91. The van der Waals surface area contributed by atoms with Crippen LogP contribution in [0.25, 0.3) is 0 Å².